The van der Waals surface area contributed by atoms with Crippen molar-refractivity contribution >= 4 is 5.91 Å². The van der Waals surface area contributed by atoms with Crippen LogP contribution in [0.3, 0.4) is 0 Å². The highest BCUT2D eigenvalue weighted by Gasteiger charge is 2.38. The van der Waals surface area contributed by atoms with Gasteiger partial charge in [-0.05, 0) is 32.2 Å². The molecule has 0 bridgehead atoms. The molecule has 1 spiro atoms. The van der Waals surface area contributed by atoms with E-state index in [0.717, 1.165) is 32.6 Å². The van der Waals surface area contributed by atoms with Crippen molar-refractivity contribution in [2.24, 2.45) is 12.5 Å². The molecule has 104 valence electrons. The topological polar surface area (TPSA) is 50.2 Å². The SMILES string of the molecule is Cn1cc(C(=O)N2CCCC3(CCCNC3)C2)cn1. The number of carbonyl (C=O) groups is 1. The van der Waals surface area contributed by atoms with Gasteiger partial charge in [0.2, 0.25) is 0 Å². The molecule has 0 aromatic carbocycles. The Labute approximate surface area is 114 Å². The highest BCUT2D eigenvalue weighted by molar-refractivity contribution is 5.93. The highest BCUT2D eigenvalue weighted by atomic mass is 16.2. The standard InChI is InChI=1S/C14H22N4O/c1-17-9-12(8-16-17)13(19)18-7-3-5-14(11-18)4-2-6-15-10-14/h8-9,15H,2-7,10-11H2,1H3. The van der Waals surface area contributed by atoms with Crippen LogP contribution in [0.25, 0.3) is 0 Å². The van der Waals surface area contributed by atoms with E-state index in [9.17, 15) is 4.79 Å². The first-order chi connectivity index (χ1) is 9.19. The molecule has 0 radical (unpaired) electrons. The molecular weight excluding hydrogens is 240 g/mol. The van der Waals surface area contributed by atoms with Gasteiger partial charge >= 0.3 is 0 Å². The summed E-state index contributed by atoms with van der Waals surface area (Å²) in [6, 6.07) is 0. The lowest BCUT2D eigenvalue weighted by molar-refractivity contribution is 0.0434. The summed E-state index contributed by atoms with van der Waals surface area (Å²) in [6.07, 6.45) is 8.32. The van der Waals surface area contributed by atoms with Gasteiger partial charge < -0.3 is 10.2 Å². The Hall–Kier alpha value is -1.36. The monoisotopic (exact) mass is 262 g/mol. The molecule has 1 unspecified atom stereocenters. The van der Waals surface area contributed by atoms with Gasteiger partial charge in [-0.2, -0.15) is 5.10 Å². The third-order valence-electron chi connectivity index (χ3n) is 4.46. The van der Waals surface area contributed by atoms with E-state index in [-0.39, 0.29) is 5.91 Å². The molecule has 1 aromatic rings. The van der Waals surface area contributed by atoms with E-state index in [0.29, 0.717) is 11.0 Å². The van der Waals surface area contributed by atoms with Gasteiger partial charge in [0.15, 0.2) is 0 Å². The van der Waals surface area contributed by atoms with E-state index in [1.165, 1.54) is 19.3 Å². The third-order valence-corrected chi connectivity index (χ3v) is 4.46. The van der Waals surface area contributed by atoms with Crippen molar-refractivity contribution in [1.82, 2.24) is 20.0 Å². The quantitative estimate of drug-likeness (QED) is 0.822. The predicted molar refractivity (Wildman–Crippen MR) is 72.9 cm³/mol. The number of aromatic nitrogens is 2. The second kappa shape index (κ2) is 4.96. The number of nitrogens with one attached hydrogen (secondary N) is 1. The first kappa shape index (κ1) is 12.7. The van der Waals surface area contributed by atoms with Crippen LogP contribution in [0.2, 0.25) is 0 Å². The van der Waals surface area contributed by atoms with Crippen LogP contribution in [-0.2, 0) is 7.05 Å². The molecular formula is C14H22N4O. The molecule has 1 amide bonds. The number of aryl methyl sites for hydroxylation is 1. The minimum Gasteiger partial charge on any atom is -0.338 e. The number of nitrogens with zero attached hydrogens (tertiary/aromatic N) is 3. The number of piperidine rings is 2. The second-order valence-corrected chi connectivity index (χ2v) is 6.01. The fourth-order valence-corrected chi connectivity index (χ4v) is 3.47. The van der Waals surface area contributed by atoms with Crippen molar-refractivity contribution in [3.05, 3.63) is 18.0 Å². The van der Waals surface area contributed by atoms with Gasteiger partial charge in [0, 0.05) is 38.3 Å². The van der Waals surface area contributed by atoms with Crippen molar-refractivity contribution in [2.45, 2.75) is 25.7 Å². The molecule has 5 nitrogen and oxygen atoms in total. The molecule has 19 heavy (non-hydrogen) atoms. The van der Waals surface area contributed by atoms with E-state index in [1.807, 2.05) is 18.1 Å². The maximum Gasteiger partial charge on any atom is 0.257 e. The fraction of sp³-hybridized carbons (Fsp3) is 0.714. The Morgan fingerprint density at radius 3 is 2.95 bits per heavy atom. The van der Waals surface area contributed by atoms with Crippen LogP contribution in [0.4, 0.5) is 0 Å². The fourth-order valence-electron chi connectivity index (χ4n) is 3.47. The summed E-state index contributed by atoms with van der Waals surface area (Å²) >= 11 is 0. The summed E-state index contributed by atoms with van der Waals surface area (Å²) in [6.45, 7) is 3.96. The van der Waals surface area contributed by atoms with E-state index in [1.54, 1.807) is 10.9 Å². The van der Waals surface area contributed by atoms with E-state index >= 15 is 0 Å². The van der Waals surface area contributed by atoms with Crippen LogP contribution < -0.4 is 5.32 Å². The normalized spacial score (nSPS) is 27.7. The second-order valence-electron chi connectivity index (χ2n) is 6.01. The molecule has 2 aliphatic rings. The number of hydrogen-bond donors (Lipinski definition) is 1. The lowest BCUT2D eigenvalue weighted by Crippen LogP contribution is -2.52. The van der Waals surface area contributed by atoms with Crippen LogP contribution in [0.15, 0.2) is 12.4 Å². The van der Waals surface area contributed by atoms with Crippen LogP contribution in [0, 0.1) is 5.41 Å². The van der Waals surface area contributed by atoms with Crippen LogP contribution >= 0.6 is 0 Å². The van der Waals surface area contributed by atoms with Crippen molar-refractivity contribution in [3.8, 4) is 0 Å². The van der Waals surface area contributed by atoms with Crippen molar-refractivity contribution in [2.75, 3.05) is 26.2 Å². The molecule has 2 aliphatic heterocycles. The Balaban J connectivity index is 1.72. The molecule has 1 atom stereocenters. The van der Waals surface area contributed by atoms with Gasteiger partial charge in [-0.15, -0.1) is 0 Å². The lowest BCUT2D eigenvalue weighted by Gasteiger charge is -2.45. The minimum absolute atomic E-state index is 0.137. The largest absolute Gasteiger partial charge is 0.338 e. The zero-order chi connectivity index (χ0) is 13.3. The molecule has 1 N–H and O–H groups in total. The summed E-state index contributed by atoms with van der Waals surface area (Å²) in [5, 5.41) is 7.59. The molecule has 1 aromatic heterocycles. The van der Waals surface area contributed by atoms with Gasteiger partial charge in [-0.3, -0.25) is 9.48 Å². The first-order valence-electron chi connectivity index (χ1n) is 7.17. The van der Waals surface area contributed by atoms with Gasteiger partial charge in [0.25, 0.3) is 5.91 Å². The van der Waals surface area contributed by atoms with Gasteiger partial charge in [-0.25, -0.2) is 0 Å². The van der Waals surface area contributed by atoms with Crippen molar-refractivity contribution in [3.63, 3.8) is 0 Å². The Morgan fingerprint density at radius 1 is 1.42 bits per heavy atom. The number of amides is 1. The first-order valence-corrected chi connectivity index (χ1v) is 7.17. The zero-order valence-electron chi connectivity index (χ0n) is 11.6. The van der Waals surface area contributed by atoms with E-state index < -0.39 is 0 Å². The lowest BCUT2D eigenvalue weighted by atomic mass is 9.74. The number of hydrogen-bond acceptors (Lipinski definition) is 3. The minimum atomic E-state index is 0.137. The summed E-state index contributed by atoms with van der Waals surface area (Å²) in [5.41, 5.74) is 1.03. The number of carbonyl (C=O) groups excluding carboxylic acids is 1. The Morgan fingerprint density at radius 2 is 2.26 bits per heavy atom. The van der Waals surface area contributed by atoms with Crippen molar-refractivity contribution in [1.29, 1.82) is 0 Å². The van der Waals surface area contributed by atoms with Crippen molar-refractivity contribution < 1.29 is 4.79 Å². The summed E-state index contributed by atoms with van der Waals surface area (Å²) in [4.78, 5) is 14.5. The Bertz CT molecular complexity index is 456. The van der Waals surface area contributed by atoms with Crippen LogP contribution in [0.5, 0.6) is 0 Å². The summed E-state index contributed by atoms with van der Waals surface area (Å²) in [7, 11) is 1.85. The molecule has 5 heteroatoms. The summed E-state index contributed by atoms with van der Waals surface area (Å²) < 4.78 is 1.69. The van der Waals surface area contributed by atoms with Gasteiger partial charge in [-0.1, -0.05) is 0 Å². The number of likely N-dealkylation sites (tertiary alicyclic amines) is 1. The average Bonchev–Trinajstić information content (AvgIpc) is 2.85. The van der Waals surface area contributed by atoms with Crippen LogP contribution in [0.1, 0.15) is 36.0 Å². The molecule has 3 rings (SSSR count). The molecule has 3 heterocycles. The Kier molecular flexibility index (Phi) is 3.31. The maximum absolute atomic E-state index is 12.5. The zero-order valence-corrected chi connectivity index (χ0v) is 11.6. The predicted octanol–water partition coefficient (Wildman–Crippen LogP) is 1.03. The molecule has 0 saturated carbocycles. The molecule has 2 saturated heterocycles. The molecule has 0 aliphatic carbocycles. The van der Waals surface area contributed by atoms with E-state index in [2.05, 4.69) is 10.4 Å². The van der Waals surface area contributed by atoms with E-state index in [4.69, 9.17) is 0 Å². The van der Waals surface area contributed by atoms with Crippen LogP contribution in [-0.4, -0.2) is 46.8 Å². The van der Waals surface area contributed by atoms with Gasteiger partial charge in [0.1, 0.15) is 0 Å². The number of rotatable bonds is 1. The highest BCUT2D eigenvalue weighted by Crippen LogP contribution is 2.36. The average molecular weight is 262 g/mol. The smallest absolute Gasteiger partial charge is 0.257 e. The van der Waals surface area contributed by atoms with Gasteiger partial charge in [0.05, 0.1) is 11.8 Å². The maximum atomic E-state index is 12.5. The third kappa shape index (κ3) is 2.52. The summed E-state index contributed by atoms with van der Waals surface area (Å²) in [5.74, 6) is 0.137. The molecule has 2 fully saturated rings.